The zero-order valence-corrected chi connectivity index (χ0v) is 38.4. The molecule has 0 saturated heterocycles. The lowest BCUT2D eigenvalue weighted by Crippen LogP contribution is -2.30. The normalized spacial score (nSPS) is 13.6. The molecule has 0 aromatic rings. The fraction of sp³-hybridized carbons (Fsp3) is 0.940. The summed E-state index contributed by atoms with van der Waals surface area (Å²) in [4.78, 5) is 37.8. The highest BCUT2D eigenvalue weighted by molar-refractivity contribution is 5.71. The monoisotopic (exact) mass is 793 g/mol. The predicted molar refractivity (Wildman–Crippen MR) is 238 cm³/mol. The van der Waals surface area contributed by atoms with E-state index < -0.39 is 6.10 Å². The molecule has 0 aliphatic heterocycles. The van der Waals surface area contributed by atoms with Gasteiger partial charge in [0.2, 0.25) is 0 Å². The molecule has 0 amide bonds. The number of hydrogen-bond donors (Lipinski definition) is 0. The third-order valence-corrected chi connectivity index (χ3v) is 12.2. The van der Waals surface area contributed by atoms with E-state index in [0.29, 0.717) is 19.3 Å². The van der Waals surface area contributed by atoms with E-state index in [-0.39, 0.29) is 31.1 Å². The summed E-state index contributed by atoms with van der Waals surface area (Å²) >= 11 is 0. The summed E-state index contributed by atoms with van der Waals surface area (Å²) in [7, 11) is 0. The van der Waals surface area contributed by atoms with Gasteiger partial charge in [-0.3, -0.25) is 14.4 Å². The second-order valence-corrected chi connectivity index (χ2v) is 17.8. The summed E-state index contributed by atoms with van der Waals surface area (Å²) in [5, 5.41) is 0. The lowest BCUT2D eigenvalue weighted by atomic mass is 9.99. The van der Waals surface area contributed by atoms with Gasteiger partial charge in [-0.1, -0.05) is 228 Å². The van der Waals surface area contributed by atoms with Crippen LogP contribution in [-0.4, -0.2) is 37.2 Å². The predicted octanol–water partition coefficient (Wildman–Crippen LogP) is 15.6. The minimum absolute atomic E-state index is 0.0665. The zero-order valence-electron chi connectivity index (χ0n) is 38.4. The van der Waals surface area contributed by atoms with Crippen LogP contribution in [0, 0.1) is 17.8 Å². The van der Waals surface area contributed by atoms with E-state index in [1.54, 1.807) is 0 Å². The molecule has 0 aliphatic rings. The SMILES string of the molecule is CCC(C)CCCCCCCCCCCCCCCCC(=O)OC[C@H](COC(=O)CCCCCCCCC(C)CC)OC(=O)CCCCCCCCC(C)CC. The van der Waals surface area contributed by atoms with Crippen molar-refractivity contribution in [2.45, 2.75) is 272 Å². The van der Waals surface area contributed by atoms with E-state index in [0.717, 1.165) is 75.5 Å². The molecular weight excluding hydrogens is 697 g/mol. The fourth-order valence-corrected chi connectivity index (χ4v) is 7.31. The summed E-state index contributed by atoms with van der Waals surface area (Å²) in [5.74, 6) is 1.66. The van der Waals surface area contributed by atoms with Crippen molar-refractivity contribution in [2.75, 3.05) is 13.2 Å². The van der Waals surface area contributed by atoms with E-state index in [4.69, 9.17) is 14.2 Å². The Kier molecular flexibility index (Phi) is 40.4. The molecular formula is C50H96O6. The van der Waals surface area contributed by atoms with E-state index >= 15 is 0 Å². The first-order valence-electron chi connectivity index (χ1n) is 24.7. The van der Waals surface area contributed by atoms with Crippen LogP contribution in [0.1, 0.15) is 266 Å². The van der Waals surface area contributed by atoms with Crippen LogP contribution in [0.25, 0.3) is 0 Å². The fourth-order valence-electron chi connectivity index (χ4n) is 7.31. The Morgan fingerprint density at radius 1 is 0.339 bits per heavy atom. The second kappa shape index (κ2) is 41.6. The molecule has 0 aromatic heterocycles. The quantitative estimate of drug-likeness (QED) is 0.0348. The number of carbonyl (C=O) groups excluding carboxylic acids is 3. The maximum atomic E-state index is 12.7. The van der Waals surface area contributed by atoms with Crippen LogP contribution < -0.4 is 0 Å². The summed E-state index contributed by atoms with van der Waals surface area (Å²) in [6.45, 7) is 13.7. The minimum atomic E-state index is -0.763. The third-order valence-electron chi connectivity index (χ3n) is 12.2. The average molecular weight is 793 g/mol. The molecule has 6 heteroatoms. The molecule has 56 heavy (non-hydrogen) atoms. The maximum Gasteiger partial charge on any atom is 0.306 e. The molecule has 0 aliphatic carbocycles. The number of carbonyl (C=O) groups is 3. The first-order chi connectivity index (χ1) is 27.2. The second-order valence-electron chi connectivity index (χ2n) is 17.8. The van der Waals surface area contributed by atoms with Crippen molar-refractivity contribution < 1.29 is 28.6 Å². The molecule has 0 radical (unpaired) electrons. The average Bonchev–Trinajstić information content (AvgIpc) is 3.20. The molecule has 0 aromatic carbocycles. The molecule has 0 fully saturated rings. The third kappa shape index (κ3) is 39.2. The topological polar surface area (TPSA) is 78.9 Å². The number of ether oxygens (including phenoxy) is 3. The Balaban J connectivity index is 4.26. The lowest BCUT2D eigenvalue weighted by molar-refractivity contribution is -0.167. The minimum Gasteiger partial charge on any atom is -0.462 e. The highest BCUT2D eigenvalue weighted by atomic mass is 16.6. The maximum absolute atomic E-state index is 12.7. The van der Waals surface area contributed by atoms with Gasteiger partial charge in [-0.2, -0.15) is 0 Å². The summed E-state index contributed by atoms with van der Waals surface area (Å²) < 4.78 is 16.7. The van der Waals surface area contributed by atoms with Gasteiger partial charge in [0.05, 0.1) is 0 Å². The number of unbranched alkanes of at least 4 members (excludes halogenated alkanes) is 23. The van der Waals surface area contributed by atoms with Crippen LogP contribution >= 0.6 is 0 Å². The van der Waals surface area contributed by atoms with E-state index in [2.05, 4.69) is 41.5 Å². The molecule has 0 spiro atoms. The van der Waals surface area contributed by atoms with Crippen molar-refractivity contribution in [3.8, 4) is 0 Å². The highest BCUT2D eigenvalue weighted by Crippen LogP contribution is 2.18. The van der Waals surface area contributed by atoms with Gasteiger partial charge in [0.25, 0.3) is 0 Å². The molecule has 4 atom stereocenters. The van der Waals surface area contributed by atoms with Crippen LogP contribution in [0.4, 0.5) is 0 Å². The Morgan fingerprint density at radius 2 is 0.571 bits per heavy atom. The van der Waals surface area contributed by atoms with Gasteiger partial charge in [-0.05, 0) is 37.0 Å². The molecule has 0 heterocycles. The van der Waals surface area contributed by atoms with Gasteiger partial charge in [0, 0.05) is 19.3 Å². The summed E-state index contributed by atoms with van der Waals surface area (Å²) in [6, 6.07) is 0. The first-order valence-corrected chi connectivity index (χ1v) is 24.7. The molecule has 0 rings (SSSR count). The van der Waals surface area contributed by atoms with Crippen molar-refractivity contribution in [1.29, 1.82) is 0 Å². The molecule has 332 valence electrons. The van der Waals surface area contributed by atoms with Gasteiger partial charge in [-0.15, -0.1) is 0 Å². The Labute approximate surface area is 348 Å². The van der Waals surface area contributed by atoms with Crippen LogP contribution in [0.5, 0.6) is 0 Å². The van der Waals surface area contributed by atoms with E-state index in [1.807, 2.05) is 0 Å². The lowest BCUT2D eigenvalue weighted by Gasteiger charge is -2.18. The van der Waals surface area contributed by atoms with E-state index in [1.165, 1.54) is 148 Å². The Bertz CT molecular complexity index is 874. The van der Waals surface area contributed by atoms with Crippen molar-refractivity contribution in [3.63, 3.8) is 0 Å². The highest BCUT2D eigenvalue weighted by Gasteiger charge is 2.19. The van der Waals surface area contributed by atoms with Gasteiger partial charge in [0.15, 0.2) is 6.10 Å². The van der Waals surface area contributed by atoms with Crippen molar-refractivity contribution in [1.82, 2.24) is 0 Å². The largest absolute Gasteiger partial charge is 0.462 e. The van der Waals surface area contributed by atoms with Gasteiger partial charge < -0.3 is 14.2 Å². The van der Waals surface area contributed by atoms with Crippen LogP contribution in [0.15, 0.2) is 0 Å². The molecule has 0 saturated carbocycles. The molecule has 0 N–H and O–H groups in total. The van der Waals surface area contributed by atoms with Crippen molar-refractivity contribution in [2.24, 2.45) is 17.8 Å². The van der Waals surface area contributed by atoms with Crippen LogP contribution in [0.3, 0.4) is 0 Å². The summed E-state index contributed by atoms with van der Waals surface area (Å²) in [6.07, 6.45) is 39.5. The van der Waals surface area contributed by atoms with Crippen molar-refractivity contribution >= 4 is 17.9 Å². The van der Waals surface area contributed by atoms with Gasteiger partial charge >= 0.3 is 17.9 Å². The number of hydrogen-bond acceptors (Lipinski definition) is 6. The van der Waals surface area contributed by atoms with Gasteiger partial charge in [-0.25, -0.2) is 0 Å². The Morgan fingerprint density at radius 3 is 0.839 bits per heavy atom. The van der Waals surface area contributed by atoms with Gasteiger partial charge in [0.1, 0.15) is 13.2 Å². The number of esters is 3. The van der Waals surface area contributed by atoms with Crippen LogP contribution in [-0.2, 0) is 28.6 Å². The smallest absolute Gasteiger partial charge is 0.306 e. The molecule has 3 unspecified atom stereocenters. The first kappa shape index (κ1) is 54.4. The van der Waals surface area contributed by atoms with Crippen LogP contribution in [0.2, 0.25) is 0 Å². The van der Waals surface area contributed by atoms with E-state index in [9.17, 15) is 14.4 Å². The number of rotatable bonds is 43. The Hall–Kier alpha value is -1.59. The summed E-state index contributed by atoms with van der Waals surface area (Å²) in [5.41, 5.74) is 0. The molecule has 0 bridgehead atoms. The molecule has 6 nitrogen and oxygen atoms in total. The standard InChI is InChI=1S/C50H96O6/c1-7-44(4)36-30-24-18-16-14-12-10-11-13-15-17-19-27-33-39-48(51)54-42-47(56-50(53)41-35-29-23-21-26-32-38-46(6)9-3)43-55-49(52)40-34-28-22-20-25-31-37-45(5)8-2/h44-47H,7-43H2,1-6H3/t44?,45?,46?,47-/m1/s1. The van der Waals surface area contributed by atoms with Crippen molar-refractivity contribution in [3.05, 3.63) is 0 Å². The zero-order chi connectivity index (χ0) is 41.3.